The van der Waals surface area contributed by atoms with Gasteiger partial charge in [-0.25, -0.2) is 4.39 Å². The molecule has 0 unspecified atom stereocenters. The van der Waals surface area contributed by atoms with Gasteiger partial charge in [-0.2, -0.15) is 10.5 Å². The van der Waals surface area contributed by atoms with E-state index in [9.17, 15) is 19.7 Å². The van der Waals surface area contributed by atoms with E-state index in [2.05, 4.69) is 4.98 Å². The number of pyridine rings is 1. The standard InChI is InChI=1S/C17H15FN4O2/c1-2-5-24-9-10-6-11(18)3-4-12(10)15-13(7-19)16(21)22-17(23)14(15)8-20/h3-4,6H,2,5,9H2,1H3,(H3,21,22,23). The Labute approximate surface area is 137 Å². The highest BCUT2D eigenvalue weighted by molar-refractivity contribution is 5.81. The molecule has 0 aliphatic carbocycles. The van der Waals surface area contributed by atoms with E-state index in [0.717, 1.165) is 6.42 Å². The van der Waals surface area contributed by atoms with E-state index in [4.69, 9.17) is 10.5 Å². The smallest absolute Gasteiger partial charge is 0.268 e. The minimum absolute atomic E-state index is 0.0329. The number of benzene rings is 1. The minimum atomic E-state index is -0.700. The fraction of sp³-hybridized carbons (Fsp3) is 0.235. The molecule has 0 atom stereocenters. The maximum absolute atomic E-state index is 13.6. The van der Waals surface area contributed by atoms with Crippen LogP contribution in [0.4, 0.5) is 10.2 Å². The lowest BCUT2D eigenvalue weighted by Crippen LogP contribution is -2.17. The molecule has 0 spiro atoms. The topological polar surface area (TPSA) is 116 Å². The van der Waals surface area contributed by atoms with E-state index in [-0.39, 0.29) is 29.1 Å². The van der Waals surface area contributed by atoms with E-state index in [1.54, 1.807) is 6.07 Å². The fourth-order valence-electron chi connectivity index (χ4n) is 2.36. The van der Waals surface area contributed by atoms with E-state index in [0.29, 0.717) is 17.7 Å². The van der Waals surface area contributed by atoms with Crippen LogP contribution in [0.5, 0.6) is 0 Å². The highest BCUT2D eigenvalue weighted by Crippen LogP contribution is 2.31. The van der Waals surface area contributed by atoms with Crippen LogP contribution in [0.2, 0.25) is 0 Å². The lowest BCUT2D eigenvalue weighted by atomic mass is 9.93. The number of aromatic amines is 1. The number of rotatable bonds is 5. The maximum Gasteiger partial charge on any atom is 0.268 e. The lowest BCUT2D eigenvalue weighted by Gasteiger charge is -2.14. The van der Waals surface area contributed by atoms with Crippen LogP contribution in [0, 0.1) is 28.5 Å². The van der Waals surface area contributed by atoms with Crippen molar-refractivity contribution in [2.45, 2.75) is 20.0 Å². The van der Waals surface area contributed by atoms with Gasteiger partial charge >= 0.3 is 0 Å². The molecule has 2 aromatic rings. The highest BCUT2D eigenvalue weighted by atomic mass is 19.1. The van der Waals surface area contributed by atoms with Gasteiger partial charge in [0.2, 0.25) is 0 Å². The third-order valence-corrected chi connectivity index (χ3v) is 3.41. The summed E-state index contributed by atoms with van der Waals surface area (Å²) in [6.45, 7) is 2.50. The molecule has 0 saturated heterocycles. The molecule has 24 heavy (non-hydrogen) atoms. The molecule has 1 heterocycles. The van der Waals surface area contributed by atoms with Gasteiger partial charge in [0.05, 0.1) is 6.61 Å². The van der Waals surface area contributed by atoms with Crippen molar-refractivity contribution in [1.82, 2.24) is 4.98 Å². The van der Waals surface area contributed by atoms with Gasteiger partial charge in [0.1, 0.15) is 34.9 Å². The Balaban J connectivity index is 2.75. The summed E-state index contributed by atoms with van der Waals surface area (Å²) in [6, 6.07) is 7.54. The zero-order chi connectivity index (χ0) is 17.7. The SMILES string of the molecule is CCCOCc1cc(F)ccc1-c1c(C#N)c(N)[nH]c(=O)c1C#N. The normalized spacial score (nSPS) is 10.2. The van der Waals surface area contributed by atoms with E-state index < -0.39 is 11.4 Å². The van der Waals surface area contributed by atoms with Crippen molar-refractivity contribution in [3.63, 3.8) is 0 Å². The van der Waals surface area contributed by atoms with Crippen molar-refractivity contribution in [2.75, 3.05) is 12.3 Å². The average Bonchev–Trinajstić information content (AvgIpc) is 2.55. The molecule has 2 rings (SSSR count). The van der Waals surface area contributed by atoms with Crippen molar-refractivity contribution in [3.8, 4) is 23.3 Å². The second-order valence-electron chi connectivity index (χ2n) is 5.07. The molecule has 0 aliphatic heterocycles. The summed E-state index contributed by atoms with van der Waals surface area (Å²) in [5, 5.41) is 18.7. The van der Waals surface area contributed by atoms with Gasteiger partial charge in [-0.1, -0.05) is 13.0 Å². The summed E-state index contributed by atoms with van der Waals surface area (Å²) in [4.78, 5) is 14.3. The zero-order valence-corrected chi connectivity index (χ0v) is 13.0. The second kappa shape index (κ2) is 7.40. The number of halogens is 1. The number of nitrogen functional groups attached to an aromatic ring is 1. The molecule has 3 N–H and O–H groups in total. The van der Waals surface area contributed by atoms with Crippen molar-refractivity contribution in [2.24, 2.45) is 0 Å². The largest absolute Gasteiger partial charge is 0.384 e. The highest BCUT2D eigenvalue weighted by Gasteiger charge is 2.20. The first-order chi connectivity index (χ1) is 11.5. The summed E-state index contributed by atoms with van der Waals surface area (Å²) in [6.07, 6.45) is 0.787. The molecule has 0 saturated carbocycles. The van der Waals surface area contributed by atoms with Gasteiger partial charge in [-0.05, 0) is 29.7 Å². The number of H-pyrrole nitrogens is 1. The predicted octanol–water partition coefficient (Wildman–Crippen LogP) is 2.43. The van der Waals surface area contributed by atoms with Crippen LogP contribution in [0.25, 0.3) is 11.1 Å². The van der Waals surface area contributed by atoms with Gasteiger partial charge in [-0.15, -0.1) is 0 Å². The minimum Gasteiger partial charge on any atom is -0.384 e. The van der Waals surface area contributed by atoms with Crippen molar-refractivity contribution < 1.29 is 9.13 Å². The Morgan fingerprint density at radius 1 is 1.29 bits per heavy atom. The molecule has 0 fully saturated rings. The molecule has 0 amide bonds. The summed E-state index contributed by atoms with van der Waals surface area (Å²) in [7, 11) is 0. The zero-order valence-electron chi connectivity index (χ0n) is 13.0. The van der Waals surface area contributed by atoms with Gasteiger partial charge < -0.3 is 15.5 Å². The van der Waals surface area contributed by atoms with Crippen molar-refractivity contribution >= 4 is 5.82 Å². The van der Waals surface area contributed by atoms with Crippen LogP contribution < -0.4 is 11.3 Å². The van der Waals surface area contributed by atoms with E-state index >= 15 is 0 Å². The number of nitrogens with zero attached hydrogens (tertiary/aromatic N) is 2. The molecule has 0 bridgehead atoms. The second-order valence-corrected chi connectivity index (χ2v) is 5.07. The van der Waals surface area contributed by atoms with Crippen LogP contribution >= 0.6 is 0 Å². The van der Waals surface area contributed by atoms with Gasteiger partial charge in [0.25, 0.3) is 5.56 Å². The summed E-state index contributed by atoms with van der Waals surface area (Å²) < 4.78 is 19.1. The molecule has 7 heteroatoms. The first kappa shape index (κ1) is 17.2. The first-order valence-corrected chi connectivity index (χ1v) is 7.26. The van der Waals surface area contributed by atoms with Gasteiger partial charge in [0.15, 0.2) is 0 Å². The average molecular weight is 326 g/mol. The number of aromatic nitrogens is 1. The number of anilines is 1. The summed E-state index contributed by atoms with van der Waals surface area (Å²) in [5.74, 6) is -0.620. The lowest BCUT2D eigenvalue weighted by molar-refractivity contribution is 0.121. The Morgan fingerprint density at radius 3 is 2.62 bits per heavy atom. The Kier molecular flexibility index (Phi) is 5.31. The molecular formula is C17H15FN4O2. The molecular weight excluding hydrogens is 311 g/mol. The first-order valence-electron chi connectivity index (χ1n) is 7.26. The quantitative estimate of drug-likeness (QED) is 0.819. The Morgan fingerprint density at radius 2 is 2.00 bits per heavy atom. The Hall–Kier alpha value is -3.16. The summed E-state index contributed by atoms with van der Waals surface area (Å²) >= 11 is 0. The molecule has 1 aromatic heterocycles. The molecule has 1 aromatic carbocycles. The number of nitrogens with one attached hydrogen (secondary N) is 1. The number of nitrogens with two attached hydrogens (primary N) is 1. The van der Waals surface area contributed by atoms with E-state index in [1.165, 1.54) is 18.2 Å². The monoisotopic (exact) mass is 326 g/mol. The van der Waals surface area contributed by atoms with Crippen LogP contribution in [0.15, 0.2) is 23.0 Å². The van der Waals surface area contributed by atoms with E-state index in [1.807, 2.05) is 13.0 Å². The number of hydrogen-bond donors (Lipinski definition) is 2. The molecule has 6 nitrogen and oxygen atoms in total. The van der Waals surface area contributed by atoms with Crippen molar-refractivity contribution in [3.05, 3.63) is 51.1 Å². The third kappa shape index (κ3) is 3.27. The van der Waals surface area contributed by atoms with Crippen LogP contribution in [0.3, 0.4) is 0 Å². The fourth-order valence-corrected chi connectivity index (χ4v) is 2.36. The number of ether oxygens (including phenoxy) is 1. The van der Waals surface area contributed by atoms with Gasteiger partial charge in [0, 0.05) is 12.2 Å². The van der Waals surface area contributed by atoms with Crippen molar-refractivity contribution in [1.29, 1.82) is 10.5 Å². The third-order valence-electron chi connectivity index (χ3n) is 3.41. The van der Waals surface area contributed by atoms with Crippen LogP contribution in [0.1, 0.15) is 30.0 Å². The number of hydrogen-bond acceptors (Lipinski definition) is 5. The molecule has 0 radical (unpaired) electrons. The Bertz CT molecular complexity index is 907. The number of nitriles is 2. The van der Waals surface area contributed by atoms with Crippen LogP contribution in [-0.4, -0.2) is 11.6 Å². The molecule has 0 aliphatic rings. The maximum atomic E-state index is 13.6. The van der Waals surface area contributed by atoms with Crippen LogP contribution in [-0.2, 0) is 11.3 Å². The summed E-state index contributed by atoms with van der Waals surface area (Å²) in [5.41, 5.74) is 5.62. The van der Waals surface area contributed by atoms with Gasteiger partial charge in [-0.3, -0.25) is 4.79 Å². The molecule has 122 valence electrons. The predicted molar refractivity (Wildman–Crippen MR) is 86.2 cm³/mol.